The van der Waals surface area contributed by atoms with Gasteiger partial charge in [0.1, 0.15) is 5.15 Å². The quantitative estimate of drug-likeness (QED) is 0.408. The van der Waals surface area contributed by atoms with Crippen LogP contribution in [0.3, 0.4) is 0 Å². The number of hydrogen-bond donors (Lipinski definition) is 0. The molecule has 6 heteroatoms. The number of cyclic esters (lactones) is 1. The molecule has 1 aliphatic heterocycles. The highest BCUT2D eigenvalue weighted by atomic mass is 35.5. The van der Waals surface area contributed by atoms with Crippen LogP contribution in [0.1, 0.15) is 11.3 Å². The summed E-state index contributed by atoms with van der Waals surface area (Å²) in [5.41, 5.74) is 1.53. The highest BCUT2D eigenvalue weighted by Gasteiger charge is 2.26. The molecular formula is C17H9ClN2O3. The Labute approximate surface area is 135 Å². The first kappa shape index (κ1) is 13.7. The van der Waals surface area contributed by atoms with Gasteiger partial charge in [-0.15, -0.1) is 0 Å². The number of pyridine rings is 1. The minimum atomic E-state index is -0.555. The number of furan rings is 1. The zero-order valence-corrected chi connectivity index (χ0v) is 12.4. The number of aromatic nitrogens is 1. The Morgan fingerprint density at radius 2 is 2.00 bits per heavy atom. The maximum Gasteiger partial charge on any atom is 0.363 e. The van der Waals surface area contributed by atoms with Gasteiger partial charge in [-0.1, -0.05) is 29.8 Å². The van der Waals surface area contributed by atoms with Crippen molar-refractivity contribution < 1.29 is 13.9 Å². The van der Waals surface area contributed by atoms with E-state index in [2.05, 4.69) is 9.98 Å². The van der Waals surface area contributed by atoms with Gasteiger partial charge in [0.15, 0.2) is 11.5 Å². The summed E-state index contributed by atoms with van der Waals surface area (Å²) >= 11 is 6.19. The maximum atomic E-state index is 11.9. The lowest BCUT2D eigenvalue weighted by Crippen LogP contribution is -2.04. The second kappa shape index (κ2) is 5.37. The predicted octanol–water partition coefficient (Wildman–Crippen LogP) is 3.83. The van der Waals surface area contributed by atoms with E-state index in [1.807, 2.05) is 30.3 Å². The van der Waals surface area contributed by atoms with Crippen molar-refractivity contribution in [2.45, 2.75) is 0 Å². The molecule has 0 spiro atoms. The van der Waals surface area contributed by atoms with Gasteiger partial charge in [-0.05, 0) is 30.3 Å². The largest absolute Gasteiger partial charge is 0.459 e. The molecule has 4 rings (SSSR count). The lowest BCUT2D eigenvalue weighted by Gasteiger charge is -2.02. The summed E-state index contributed by atoms with van der Waals surface area (Å²) in [7, 11) is 0. The topological polar surface area (TPSA) is 64.7 Å². The van der Waals surface area contributed by atoms with E-state index in [-0.39, 0.29) is 11.6 Å². The van der Waals surface area contributed by atoms with Gasteiger partial charge in [-0.25, -0.2) is 14.8 Å². The average Bonchev–Trinajstić information content (AvgIpc) is 3.18. The van der Waals surface area contributed by atoms with Crippen LogP contribution in [0.4, 0.5) is 0 Å². The molecule has 0 amide bonds. The van der Waals surface area contributed by atoms with E-state index < -0.39 is 5.97 Å². The van der Waals surface area contributed by atoms with Gasteiger partial charge in [0, 0.05) is 10.9 Å². The molecule has 0 atom stereocenters. The molecule has 1 aromatic carbocycles. The van der Waals surface area contributed by atoms with Crippen LogP contribution in [-0.2, 0) is 9.53 Å². The van der Waals surface area contributed by atoms with Crippen molar-refractivity contribution in [3.63, 3.8) is 0 Å². The summed E-state index contributed by atoms with van der Waals surface area (Å²) in [5, 5.41) is 1.22. The Kier molecular flexibility index (Phi) is 3.20. The van der Waals surface area contributed by atoms with Gasteiger partial charge >= 0.3 is 5.97 Å². The number of ether oxygens (including phenoxy) is 1. The lowest BCUT2D eigenvalue weighted by molar-refractivity contribution is -0.130. The van der Waals surface area contributed by atoms with Crippen molar-refractivity contribution in [1.82, 2.24) is 4.98 Å². The van der Waals surface area contributed by atoms with Crippen LogP contribution in [0.2, 0.25) is 5.15 Å². The van der Waals surface area contributed by atoms with Crippen LogP contribution >= 0.6 is 11.6 Å². The van der Waals surface area contributed by atoms with Gasteiger partial charge in [-0.2, -0.15) is 0 Å². The molecule has 0 radical (unpaired) electrons. The molecule has 0 fully saturated rings. The third-order valence-electron chi connectivity index (χ3n) is 3.35. The molecule has 23 heavy (non-hydrogen) atoms. The van der Waals surface area contributed by atoms with Crippen molar-refractivity contribution in [1.29, 1.82) is 0 Å². The Hall–Kier alpha value is -2.92. The first-order valence-corrected chi connectivity index (χ1v) is 7.20. The highest BCUT2D eigenvalue weighted by molar-refractivity contribution is 6.31. The molecule has 3 aromatic rings. The summed E-state index contributed by atoms with van der Waals surface area (Å²) in [4.78, 5) is 20.4. The summed E-state index contributed by atoms with van der Waals surface area (Å²) in [6.45, 7) is 0. The minimum Gasteiger partial charge on any atom is -0.459 e. The van der Waals surface area contributed by atoms with E-state index in [9.17, 15) is 4.79 Å². The molecule has 3 heterocycles. The number of esters is 1. The molecule has 0 bridgehead atoms. The summed E-state index contributed by atoms with van der Waals surface area (Å²) in [6, 6.07) is 12.8. The molecular weight excluding hydrogens is 316 g/mol. The van der Waals surface area contributed by atoms with E-state index in [1.54, 1.807) is 18.2 Å². The van der Waals surface area contributed by atoms with Crippen molar-refractivity contribution in [2.24, 2.45) is 4.99 Å². The molecule has 1 aliphatic rings. The van der Waals surface area contributed by atoms with E-state index in [0.717, 1.165) is 10.9 Å². The van der Waals surface area contributed by atoms with Crippen LogP contribution in [0.25, 0.3) is 17.0 Å². The number of hydrogen-bond acceptors (Lipinski definition) is 5. The fraction of sp³-hybridized carbons (Fsp3) is 0. The van der Waals surface area contributed by atoms with Crippen LogP contribution in [0, 0.1) is 0 Å². The number of carbonyl (C=O) groups excluding carboxylic acids is 1. The minimum absolute atomic E-state index is 0.135. The van der Waals surface area contributed by atoms with Crippen LogP contribution in [-0.4, -0.2) is 16.9 Å². The molecule has 0 unspecified atom stereocenters. The van der Waals surface area contributed by atoms with E-state index in [4.69, 9.17) is 20.8 Å². The third-order valence-corrected chi connectivity index (χ3v) is 3.65. The Bertz CT molecular complexity index is 975. The number of para-hydroxylation sites is 1. The standard InChI is InChI=1S/C17H9ClN2O3/c18-15-11(8-10-4-1-2-5-12(10)19-15)9-13-17(21)23-16(20-13)14-6-3-7-22-14/h1-9H/b13-9+. The van der Waals surface area contributed by atoms with E-state index >= 15 is 0 Å². The Balaban J connectivity index is 1.78. The van der Waals surface area contributed by atoms with Crippen LogP contribution < -0.4 is 0 Å². The summed E-state index contributed by atoms with van der Waals surface area (Å²) in [6.07, 6.45) is 3.04. The SMILES string of the molecule is O=C1OC(c2ccco2)=N/C1=C/c1cc2ccccc2nc1Cl. The zero-order chi connectivity index (χ0) is 15.8. The molecule has 0 saturated heterocycles. The van der Waals surface area contributed by atoms with Crippen LogP contribution in [0.15, 0.2) is 63.8 Å². The highest BCUT2D eigenvalue weighted by Crippen LogP contribution is 2.25. The monoisotopic (exact) mass is 324 g/mol. The number of halogens is 1. The summed E-state index contributed by atoms with van der Waals surface area (Å²) < 4.78 is 10.3. The van der Waals surface area contributed by atoms with E-state index in [1.165, 1.54) is 6.26 Å². The number of fused-ring (bicyclic) bond motifs is 1. The van der Waals surface area contributed by atoms with Gasteiger partial charge in [0.25, 0.3) is 5.90 Å². The molecule has 0 saturated carbocycles. The third kappa shape index (κ3) is 2.51. The van der Waals surface area contributed by atoms with Gasteiger partial charge < -0.3 is 9.15 Å². The zero-order valence-electron chi connectivity index (χ0n) is 11.7. The van der Waals surface area contributed by atoms with Crippen molar-refractivity contribution >= 4 is 40.4 Å². The number of aliphatic imine (C=N–C) groups is 1. The maximum absolute atomic E-state index is 11.9. The first-order valence-electron chi connectivity index (χ1n) is 6.82. The van der Waals surface area contributed by atoms with Crippen molar-refractivity contribution in [3.05, 3.63) is 70.9 Å². The normalized spacial score (nSPS) is 16.0. The second-order valence-corrected chi connectivity index (χ2v) is 5.23. The fourth-order valence-corrected chi connectivity index (χ4v) is 2.47. The smallest absolute Gasteiger partial charge is 0.363 e. The molecule has 112 valence electrons. The molecule has 2 aromatic heterocycles. The number of carbonyl (C=O) groups is 1. The van der Waals surface area contributed by atoms with Gasteiger partial charge in [0.05, 0.1) is 11.8 Å². The molecule has 0 N–H and O–H groups in total. The number of benzene rings is 1. The van der Waals surface area contributed by atoms with E-state index in [0.29, 0.717) is 16.5 Å². The van der Waals surface area contributed by atoms with Gasteiger partial charge in [-0.3, -0.25) is 0 Å². The Morgan fingerprint density at radius 1 is 1.13 bits per heavy atom. The predicted molar refractivity (Wildman–Crippen MR) is 86.1 cm³/mol. The molecule has 5 nitrogen and oxygen atoms in total. The summed E-state index contributed by atoms with van der Waals surface area (Å²) in [5.74, 6) is -0.0266. The molecule has 0 aliphatic carbocycles. The fourth-order valence-electron chi connectivity index (χ4n) is 2.27. The van der Waals surface area contributed by atoms with Crippen LogP contribution in [0.5, 0.6) is 0 Å². The average molecular weight is 325 g/mol. The number of nitrogens with zero attached hydrogens (tertiary/aromatic N) is 2. The Morgan fingerprint density at radius 3 is 2.83 bits per heavy atom. The first-order chi connectivity index (χ1) is 11.2. The van der Waals surface area contributed by atoms with Crippen molar-refractivity contribution in [2.75, 3.05) is 0 Å². The number of rotatable bonds is 2. The van der Waals surface area contributed by atoms with Gasteiger partial charge in [0.2, 0.25) is 0 Å². The second-order valence-electron chi connectivity index (χ2n) is 4.87. The van der Waals surface area contributed by atoms with Crippen molar-refractivity contribution in [3.8, 4) is 0 Å². The lowest BCUT2D eigenvalue weighted by atomic mass is 10.1.